The average molecular weight is 252 g/mol. The van der Waals surface area contributed by atoms with Gasteiger partial charge in [0.15, 0.2) is 0 Å². The van der Waals surface area contributed by atoms with E-state index in [0.717, 1.165) is 22.2 Å². The molecule has 1 aromatic rings. The summed E-state index contributed by atoms with van der Waals surface area (Å²) < 4.78 is 0. The van der Waals surface area contributed by atoms with E-state index in [1.807, 2.05) is 13.1 Å². The van der Waals surface area contributed by atoms with Crippen LogP contribution in [-0.2, 0) is 11.3 Å². The van der Waals surface area contributed by atoms with Gasteiger partial charge in [0.25, 0.3) is 0 Å². The molecule has 1 N–H and O–H groups in total. The summed E-state index contributed by atoms with van der Waals surface area (Å²) in [5.74, 6) is 0.981. The largest absolute Gasteiger partial charge is 0.351 e. The Bertz CT molecular complexity index is 369. The predicted molar refractivity (Wildman–Crippen MR) is 69.9 cm³/mol. The zero-order valence-corrected chi connectivity index (χ0v) is 11.2. The van der Waals surface area contributed by atoms with Crippen LogP contribution in [0.1, 0.15) is 48.4 Å². The van der Waals surface area contributed by atoms with Gasteiger partial charge in [-0.3, -0.25) is 4.79 Å². The SMILES string of the molecule is Cc1ncc(CNC(=O)CCC2CCCC2)s1. The monoisotopic (exact) mass is 252 g/mol. The number of rotatable bonds is 5. The lowest BCUT2D eigenvalue weighted by Crippen LogP contribution is -2.22. The Morgan fingerprint density at radius 2 is 2.29 bits per heavy atom. The number of carbonyl (C=O) groups excluding carboxylic acids is 1. The number of hydrogen-bond donors (Lipinski definition) is 1. The van der Waals surface area contributed by atoms with Gasteiger partial charge in [-0.2, -0.15) is 0 Å². The lowest BCUT2D eigenvalue weighted by Gasteiger charge is -2.08. The van der Waals surface area contributed by atoms with Crippen molar-refractivity contribution in [2.75, 3.05) is 0 Å². The molecule has 1 amide bonds. The van der Waals surface area contributed by atoms with Crippen LogP contribution in [0.25, 0.3) is 0 Å². The van der Waals surface area contributed by atoms with E-state index in [1.54, 1.807) is 11.3 Å². The summed E-state index contributed by atoms with van der Waals surface area (Å²) in [5.41, 5.74) is 0. The topological polar surface area (TPSA) is 42.0 Å². The van der Waals surface area contributed by atoms with Gasteiger partial charge in [0, 0.05) is 17.5 Å². The molecule has 0 bridgehead atoms. The number of aromatic nitrogens is 1. The van der Waals surface area contributed by atoms with E-state index in [0.29, 0.717) is 13.0 Å². The third-order valence-electron chi connectivity index (χ3n) is 3.38. The highest BCUT2D eigenvalue weighted by Crippen LogP contribution is 2.28. The molecule has 1 fully saturated rings. The average Bonchev–Trinajstić information content (AvgIpc) is 2.95. The molecule has 1 aliphatic carbocycles. The molecule has 0 aliphatic heterocycles. The fourth-order valence-electron chi connectivity index (χ4n) is 2.40. The Balaban J connectivity index is 1.63. The molecule has 0 radical (unpaired) electrons. The Morgan fingerprint density at radius 3 is 2.94 bits per heavy atom. The third kappa shape index (κ3) is 4.11. The minimum atomic E-state index is 0.183. The lowest BCUT2D eigenvalue weighted by molar-refractivity contribution is -0.121. The Hall–Kier alpha value is -0.900. The summed E-state index contributed by atoms with van der Waals surface area (Å²) in [4.78, 5) is 17.0. The normalized spacial score (nSPS) is 16.3. The first-order valence-corrected chi connectivity index (χ1v) is 7.23. The molecule has 1 heterocycles. The molecular weight excluding hydrogens is 232 g/mol. The fraction of sp³-hybridized carbons (Fsp3) is 0.692. The van der Waals surface area contributed by atoms with E-state index in [2.05, 4.69) is 10.3 Å². The zero-order valence-electron chi connectivity index (χ0n) is 10.4. The first-order chi connectivity index (χ1) is 8.24. The molecule has 1 saturated carbocycles. The molecular formula is C13H20N2OS. The van der Waals surface area contributed by atoms with Crippen LogP contribution in [-0.4, -0.2) is 10.9 Å². The van der Waals surface area contributed by atoms with Gasteiger partial charge in [0.2, 0.25) is 5.91 Å². The van der Waals surface area contributed by atoms with Gasteiger partial charge in [-0.25, -0.2) is 4.98 Å². The fourth-order valence-corrected chi connectivity index (χ4v) is 3.13. The van der Waals surface area contributed by atoms with E-state index >= 15 is 0 Å². The Morgan fingerprint density at radius 1 is 1.53 bits per heavy atom. The molecule has 17 heavy (non-hydrogen) atoms. The number of carbonyl (C=O) groups is 1. The summed E-state index contributed by atoms with van der Waals surface area (Å²) >= 11 is 1.65. The van der Waals surface area contributed by atoms with E-state index in [1.165, 1.54) is 25.7 Å². The number of amides is 1. The van der Waals surface area contributed by atoms with E-state index in [-0.39, 0.29) is 5.91 Å². The number of thiazole rings is 1. The van der Waals surface area contributed by atoms with Crippen LogP contribution in [0.5, 0.6) is 0 Å². The van der Waals surface area contributed by atoms with Gasteiger partial charge in [0.05, 0.1) is 11.6 Å². The van der Waals surface area contributed by atoms with Crippen LogP contribution in [0.3, 0.4) is 0 Å². The second-order valence-corrected chi connectivity index (χ2v) is 6.13. The highest BCUT2D eigenvalue weighted by molar-refractivity contribution is 7.11. The standard InChI is InChI=1S/C13H20N2OS/c1-10-14-8-12(17-10)9-15-13(16)7-6-11-4-2-3-5-11/h8,11H,2-7,9H2,1H3,(H,15,16). The first-order valence-electron chi connectivity index (χ1n) is 6.42. The maximum atomic E-state index is 11.7. The molecule has 0 unspecified atom stereocenters. The van der Waals surface area contributed by atoms with Crippen molar-refractivity contribution in [3.63, 3.8) is 0 Å². The Kier molecular flexibility index (Phi) is 4.54. The molecule has 0 aromatic carbocycles. The van der Waals surface area contributed by atoms with Crippen molar-refractivity contribution in [2.45, 2.75) is 52.0 Å². The summed E-state index contributed by atoms with van der Waals surface area (Å²) in [7, 11) is 0. The highest BCUT2D eigenvalue weighted by Gasteiger charge is 2.15. The quantitative estimate of drug-likeness (QED) is 0.875. The predicted octanol–water partition coefficient (Wildman–Crippen LogP) is 3.04. The van der Waals surface area contributed by atoms with Gasteiger partial charge in [-0.1, -0.05) is 25.7 Å². The van der Waals surface area contributed by atoms with Gasteiger partial charge in [-0.05, 0) is 19.3 Å². The van der Waals surface area contributed by atoms with Gasteiger partial charge < -0.3 is 5.32 Å². The van der Waals surface area contributed by atoms with Gasteiger partial charge in [0.1, 0.15) is 0 Å². The highest BCUT2D eigenvalue weighted by atomic mass is 32.1. The molecule has 94 valence electrons. The van der Waals surface area contributed by atoms with E-state index in [4.69, 9.17) is 0 Å². The summed E-state index contributed by atoms with van der Waals surface area (Å²) in [5, 5.41) is 4.02. The van der Waals surface area contributed by atoms with Crippen LogP contribution < -0.4 is 5.32 Å². The molecule has 4 heteroatoms. The van der Waals surface area contributed by atoms with Gasteiger partial charge in [-0.15, -0.1) is 11.3 Å². The number of nitrogens with zero attached hydrogens (tertiary/aromatic N) is 1. The minimum absolute atomic E-state index is 0.183. The molecule has 1 aromatic heterocycles. The van der Waals surface area contributed by atoms with E-state index < -0.39 is 0 Å². The van der Waals surface area contributed by atoms with Crippen LogP contribution in [0.2, 0.25) is 0 Å². The maximum Gasteiger partial charge on any atom is 0.220 e. The van der Waals surface area contributed by atoms with Crippen molar-refractivity contribution in [1.29, 1.82) is 0 Å². The van der Waals surface area contributed by atoms with Crippen molar-refractivity contribution in [3.05, 3.63) is 16.1 Å². The van der Waals surface area contributed by atoms with Crippen molar-refractivity contribution in [1.82, 2.24) is 10.3 Å². The molecule has 1 aliphatic rings. The molecule has 0 atom stereocenters. The molecule has 0 saturated heterocycles. The second-order valence-electron chi connectivity index (χ2n) is 4.81. The van der Waals surface area contributed by atoms with Crippen molar-refractivity contribution < 1.29 is 4.79 Å². The van der Waals surface area contributed by atoms with Crippen LogP contribution in [0.15, 0.2) is 6.20 Å². The zero-order chi connectivity index (χ0) is 12.1. The number of nitrogens with one attached hydrogen (secondary N) is 1. The number of aryl methyl sites for hydroxylation is 1. The minimum Gasteiger partial charge on any atom is -0.351 e. The number of hydrogen-bond acceptors (Lipinski definition) is 3. The lowest BCUT2D eigenvalue weighted by atomic mass is 10.0. The van der Waals surface area contributed by atoms with Crippen LogP contribution in [0, 0.1) is 12.8 Å². The molecule has 2 rings (SSSR count). The van der Waals surface area contributed by atoms with Crippen molar-refractivity contribution >= 4 is 17.2 Å². The molecule has 3 nitrogen and oxygen atoms in total. The third-order valence-corrected chi connectivity index (χ3v) is 4.30. The maximum absolute atomic E-state index is 11.7. The summed E-state index contributed by atoms with van der Waals surface area (Å²) in [6, 6.07) is 0. The molecule has 0 spiro atoms. The summed E-state index contributed by atoms with van der Waals surface area (Å²) in [6.45, 7) is 2.62. The second kappa shape index (κ2) is 6.15. The van der Waals surface area contributed by atoms with Crippen molar-refractivity contribution in [3.8, 4) is 0 Å². The van der Waals surface area contributed by atoms with Crippen LogP contribution in [0.4, 0.5) is 0 Å². The van der Waals surface area contributed by atoms with Gasteiger partial charge >= 0.3 is 0 Å². The van der Waals surface area contributed by atoms with Crippen LogP contribution >= 0.6 is 11.3 Å². The summed E-state index contributed by atoms with van der Waals surface area (Å²) in [6.07, 6.45) is 8.94. The first kappa shape index (κ1) is 12.6. The smallest absolute Gasteiger partial charge is 0.220 e. The van der Waals surface area contributed by atoms with Crippen molar-refractivity contribution in [2.24, 2.45) is 5.92 Å². The van der Waals surface area contributed by atoms with E-state index in [9.17, 15) is 4.79 Å². The Labute approximate surface area is 107 Å².